The van der Waals surface area contributed by atoms with E-state index in [2.05, 4.69) is 0 Å². The molecular weight excluding hydrogens is 292 g/mol. The van der Waals surface area contributed by atoms with Crippen molar-refractivity contribution in [1.29, 1.82) is 0 Å². The lowest BCUT2D eigenvalue weighted by Gasteiger charge is -2.46. The van der Waals surface area contributed by atoms with Crippen LogP contribution in [-0.4, -0.2) is 42.2 Å². The van der Waals surface area contributed by atoms with Gasteiger partial charge in [0.15, 0.2) is 0 Å². The monoisotopic (exact) mass is 318 g/mol. The Bertz CT molecular complexity index is 567. The zero-order valence-electron chi connectivity index (χ0n) is 14.0. The molecule has 3 rings (SSSR count). The second kappa shape index (κ2) is 6.49. The second-order valence-corrected chi connectivity index (χ2v) is 6.56. The summed E-state index contributed by atoms with van der Waals surface area (Å²) in [6.07, 6.45) is 2.08. The van der Waals surface area contributed by atoms with Gasteiger partial charge in [-0.3, -0.25) is 4.79 Å². The van der Waals surface area contributed by atoms with E-state index < -0.39 is 0 Å². The van der Waals surface area contributed by atoms with Crippen LogP contribution in [0.15, 0.2) is 24.3 Å². The Kier molecular flexibility index (Phi) is 4.60. The summed E-state index contributed by atoms with van der Waals surface area (Å²) in [6.45, 7) is 5.68. The smallest absolute Gasteiger partial charge is 0.251 e. The number of fused-ring (bicyclic) bond motifs is 1. The molecule has 5 nitrogen and oxygen atoms in total. The molecule has 2 unspecified atom stereocenters. The lowest BCUT2D eigenvalue weighted by atomic mass is 9.81. The summed E-state index contributed by atoms with van der Waals surface area (Å²) >= 11 is 0. The number of benzene rings is 1. The normalized spacial score (nSPS) is 24.0. The molecule has 2 aliphatic heterocycles. The topological polar surface area (TPSA) is 64.8 Å². The van der Waals surface area contributed by atoms with Crippen molar-refractivity contribution in [2.75, 3.05) is 19.7 Å². The first-order valence-corrected chi connectivity index (χ1v) is 8.48. The fourth-order valence-electron chi connectivity index (χ4n) is 3.68. The summed E-state index contributed by atoms with van der Waals surface area (Å²) in [7, 11) is 0. The number of carbonyl (C=O) groups is 1. The molecule has 1 spiro atoms. The minimum absolute atomic E-state index is 0.00421. The Morgan fingerprint density at radius 1 is 1.43 bits per heavy atom. The number of carbonyl (C=O) groups excluding carboxylic acids is 1. The van der Waals surface area contributed by atoms with Crippen LogP contribution in [0.5, 0.6) is 5.75 Å². The molecule has 126 valence electrons. The van der Waals surface area contributed by atoms with E-state index in [1.807, 2.05) is 43.0 Å². The first kappa shape index (κ1) is 16.3. The van der Waals surface area contributed by atoms with Crippen molar-refractivity contribution in [3.05, 3.63) is 29.8 Å². The summed E-state index contributed by atoms with van der Waals surface area (Å²) in [4.78, 5) is 14.2. The fraction of sp³-hybridized carbons (Fsp3) is 0.611. The number of nitrogens with two attached hydrogens (primary N) is 1. The van der Waals surface area contributed by atoms with Gasteiger partial charge in [-0.05, 0) is 19.9 Å². The van der Waals surface area contributed by atoms with Gasteiger partial charge in [0, 0.05) is 50.6 Å². The number of hydrogen-bond donors (Lipinski definition) is 1. The van der Waals surface area contributed by atoms with Crippen LogP contribution in [0.4, 0.5) is 0 Å². The van der Waals surface area contributed by atoms with Gasteiger partial charge in [-0.25, -0.2) is 0 Å². The molecule has 0 saturated carbocycles. The lowest BCUT2D eigenvalue weighted by molar-refractivity contribution is -0.146. The van der Waals surface area contributed by atoms with Crippen molar-refractivity contribution in [3.63, 3.8) is 0 Å². The number of amides is 1. The number of para-hydroxylation sites is 1. The summed E-state index contributed by atoms with van der Waals surface area (Å²) < 4.78 is 11.7. The van der Waals surface area contributed by atoms with Gasteiger partial charge in [0.05, 0.1) is 0 Å². The molecule has 1 amide bonds. The Morgan fingerprint density at radius 2 is 2.13 bits per heavy atom. The molecule has 23 heavy (non-hydrogen) atoms. The average Bonchev–Trinajstić information content (AvgIpc) is 2.55. The summed E-state index contributed by atoms with van der Waals surface area (Å²) in [5.41, 5.74) is 7.20. The van der Waals surface area contributed by atoms with Gasteiger partial charge in [-0.1, -0.05) is 18.2 Å². The highest BCUT2D eigenvalue weighted by Crippen LogP contribution is 2.43. The van der Waals surface area contributed by atoms with Crippen LogP contribution in [-0.2, 0) is 9.53 Å². The summed E-state index contributed by atoms with van der Waals surface area (Å²) in [5, 5.41) is 0. The molecule has 0 aromatic heterocycles. The first-order valence-electron chi connectivity index (χ1n) is 8.48. The fourth-order valence-corrected chi connectivity index (χ4v) is 3.68. The molecule has 1 aromatic rings. The molecule has 2 heterocycles. The zero-order chi connectivity index (χ0) is 16.4. The first-order chi connectivity index (χ1) is 11.0. The minimum Gasteiger partial charge on any atom is -0.487 e. The predicted molar refractivity (Wildman–Crippen MR) is 88.2 cm³/mol. The van der Waals surface area contributed by atoms with Gasteiger partial charge in [0.2, 0.25) is 0 Å². The number of ether oxygens (including phenoxy) is 2. The third-order valence-electron chi connectivity index (χ3n) is 4.99. The number of piperidine rings is 1. The molecule has 0 bridgehead atoms. The van der Waals surface area contributed by atoms with Crippen molar-refractivity contribution in [3.8, 4) is 5.75 Å². The minimum atomic E-state index is -0.371. The van der Waals surface area contributed by atoms with E-state index in [1.165, 1.54) is 0 Å². The number of likely N-dealkylation sites (tertiary alicyclic amines) is 1. The second-order valence-electron chi connectivity index (χ2n) is 6.56. The van der Waals surface area contributed by atoms with E-state index >= 15 is 0 Å². The SMILES string of the molecule is CCOC(C)C(=O)N1CCC2(CC1)CC(N)c1ccccc1O2. The van der Waals surface area contributed by atoms with Crippen LogP contribution in [0.25, 0.3) is 0 Å². The van der Waals surface area contributed by atoms with E-state index in [1.54, 1.807) is 0 Å². The predicted octanol–water partition coefficient (Wildman–Crippen LogP) is 2.26. The van der Waals surface area contributed by atoms with Gasteiger partial charge in [-0.15, -0.1) is 0 Å². The van der Waals surface area contributed by atoms with E-state index in [-0.39, 0.29) is 23.7 Å². The Labute approximate surface area is 137 Å². The molecule has 1 fully saturated rings. The van der Waals surface area contributed by atoms with E-state index in [0.29, 0.717) is 19.7 Å². The van der Waals surface area contributed by atoms with Crippen LogP contribution >= 0.6 is 0 Å². The van der Waals surface area contributed by atoms with Gasteiger partial charge in [0.25, 0.3) is 5.91 Å². The Hall–Kier alpha value is -1.59. The van der Waals surface area contributed by atoms with Crippen LogP contribution < -0.4 is 10.5 Å². The van der Waals surface area contributed by atoms with Crippen molar-refractivity contribution in [1.82, 2.24) is 4.90 Å². The average molecular weight is 318 g/mol. The summed E-state index contributed by atoms with van der Waals surface area (Å²) in [6, 6.07) is 8.01. The van der Waals surface area contributed by atoms with Crippen molar-refractivity contribution < 1.29 is 14.3 Å². The van der Waals surface area contributed by atoms with Gasteiger partial charge < -0.3 is 20.1 Å². The molecule has 2 atom stereocenters. The third kappa shape index (κ3) is 3.21. The lowest BCUT2D eigenvalue weighted by Crippen LogP contribution is -2.54. The number of nitrogens with zero attached hydrogens (tertiary/aromatic N) is 1. The Balaban J connectivity index is 1.66. The quantitative estimate of drug-likeness (QED) is 0.928. The van der Waals surface area contributed by atoms with Crippen LogP contribution in [0, 0.1) is 0 Å². The molecule has 1 saturated heterocycles. The molecule has 0 aliphatic carbocycles. The number of rotatable bonds is 3. The molecule has 2 N–H and O–H groups in total. The van der Waals surface area contributed by atoms with Crippen LogP contribution in [0.2, 0.25) is 0 Å². The zero-order valence-corrected chi connectivity index (χ0v) is 14.0. The maximum absolute atomic E-state index is 12.4. The van der Waals surface area contributed by atoms with Crippen LogP contribution in [0.3, 0.4) is 0 Å². The third-order valence-corrected chi connectivity index (χ3v) is 4.99. The standard InChI is InChI=1S/C18H26N2O3/c1-3-22-13(2)17(21)20-10-8-18(9-11-20)12-15(19)14-6-4-5-7-16(14)23-18/h4-7,13,15H,3,8-12,19H2,1-2H3. The highest BCUT2D eigenvalue weighted by Gasteiger charge is 2.43. The van der Waals surface area contributed by atoms with Crippen molar-refractivity contribution in [2.24, 2.45) is 5.73 Å². The summed E-state index contributed by atoms with van der Waals surface area (Å²) in [5.74, 6) is 0.968. The van der Waals surface area contributed by atoms with E-state index in [4.69, 9.17) is 15.2 Å². The molecule has 2 aliphatic rings. The van der Waals surface area contributed by atoms with E-state index in [0.717, 1.165) is 30.6 Å². The van der Waals surface area contributed by atoms with Gasteiger partial charge in [0.1, 0.15) is 17.5 Å². The van der Waals surface area contributed by atoms with Crippen LogP contribution in [0.1, 0.15) is 44.7 Å². The largest absolute Gasteiger partial charge is 0.487 e. The molecule has 1 aromatic carbocycles. The van der Waals surface area contributed by atoms with E-state index in [9.17, 15) is 4.79 Å². The maximum atomic E-state index is 12.4. The molecular formula is C18H26N2O3. The Morgan fingerprint density at radius 3 is 2.83 bits per heavy atom. The van der Waals surface area contributed by atoms with Gasteiger partial charge >= 0.3 is 0 Å². The highest BCUT2D eigenvalue weighted by atomic mass is 16.5. The maximum Gasteiger partial charge on any atom is 0.251 e. The van der Waals surface area contributed by atoms with Crippen molar-refractivity contribution >= 4 is 5.91 Å². The van der Waals surface area contributed by atoms with Gasteiger partial charge in [-0.2, -0.15) is 0 Å². The number of hydrogen-bond acceptors (Lipinski definition) is 4. The van der Waals surface area contributed by atoms with Crippen molar-refractivity contribution in [2.45, 2.75) is 50.9 Å². The highest BCUT2D eigenvalue weighted by molar-refractivity contribution is 5.80. The molecule has 5 heteroatoms. The molecule has 0 radical (unpaired) electrons.